The molecule has 5 aromatic rings. The predicted octanol–water partition coefficient (Wildman–Crippen LogP) is 7.69. The molecule has 6 heteroatoms. The second-order valence-electron chi connectivity index (χ2n) is 10.7. The summed E-state index contributed by atoms with van der Waals surface area (Å²) in [7, 11) is 1.63. The number of carbonyl (C=O) groups is 1. The molecule has 0 aliphatic carbocycles. The van der Waals surface area contributed by atoms with E-state index >= 15 is 0 Å². The van der Waals surface area contributed by atoms with Gasteiger partial charge in [0, 0.05) is 34.7 Å². The Morgan fingerprint density at radius 2 is 1.18 bits per heavy atom. The number of esters is 1. The summed E-state index contributed by atoms with van der Waals surface area (Å²) in [6.45, 7) is 2.26. The number of rotatable bonds is 13. The van der Waals surface area contributed by atoms with Gasteiger partial charge in [0.25, 0.3) is 0 Å². The van der Waals surface area contributed by atoms with Gasteiger partial charge < -0.3 is 23.7 Å². The van der Waals surface area contributed by atoms with E-state index in [0.29, 0.717) is 43.3 Å². The van der Waals surface area contributed by atoms with Crippen molar-refractivity contribution in [3.05, 3.63) is 144 Å². The molecule has 0 unspecified atom stereocenters. The van der Waals surface area contributed by atoms with E-state index in [-0.39, 0.29) is 13.2 Å². The highest BCUT2D eigenvalue weighted by Gasteiger charge is 2.39. The molecule has 0 N–H and O–H groups in total. The van der Waals surface area contributed by atoms with Crippen LogP contribution in [0.3, 0.4) is 0 Å². The van der Waals surface area contributed by atoms with Crippen molar-refractivity contribution in [3.8, 4) is 16.9 Å². The van der Waals surface area contributed by atoms with E-state index < -0.39 is 11.6 Å². The summed E-state index contributed by atoms with van der Waals surface area (Å²) < 4.78 is 29.1. The van der Waals surface area contributed by atoms with Crippen LogP contribution in [0.5, 0.6) is 5.75 Å². The smallest absolute Gasteiger partial charge is 0.339 e. The molecule has 0 aromatic heterocycles. The van der Waals surface area contributed by atoms with Gasteiger partial charge in [0.05, 0.1) is 38.6 Å². The van der Waals surface area contributed by atoms with Gasteiger partial charge >= 0.3 is 5.97 Å². The third-order valence-electron chi connectivity index (χ3n) is 7.89. The van der Waals surface area contributed by atoms with Crippen LogP contribution in [0, 0.1) is 0 Å². The summed E-state index contributed by atoms with van der Waals surface area (Å²) in [5.41, 5.74) is 3.96. The van der Waals surface area contributed by atoms with Gasteiger partial charge in [-0.15, -0.1) is 0 Å². The molecule has 1 aliphatic heterocycles. The maximum Gasteiger partial charge on any atom is 0.339 e. The number of ether oxygens (including phenoxy) is 5. The van der Waals surface area contributed by atoms with Crippen molar-refractivity contribution < 1.29 is 28.5 Å². The highest BCUT2D eigenvalue weighted by molar-refractivity contribution is 6.14. The molecule has 0 amide bonds. The molecule has 6 nitrogen and oxygen atoms in total. The monoisotopic (exact) mass is 600 g/mol. The molecular formula is C39H36O6. The van der Waals surface area contributed by atoms with Crippen LogP contribution in [0.4, 0.5) is 0 Å². The molecule has 0 saturated heterocycles. The quantitative estimate of drug-likeness (QED) is 0.102. The molecule has 0 radical (unpaired) electrons. The second kappa shape index (κ2) is 14.4. The van der Waals surface area contributed by atoms with Crippen molar-refractivity contribution in [2.75, 3.05) is 46.8 Å². The summed E-state index contributed by atoms with van der Waals surface area (Å²) in [5, 5.41) is 1.82. The Balaban J connectivity index is 1.41. The van der Waals surface area contributed by atoms with Crippen LogP contribution in [0.15, 0.2) is 121 Å². The van der Waals surface area contributed by atoms with Gasteiger partial charge in [0.1, 0.15) is 12.4 Å². The Kier molecular flexibility index (Phi) is 9.66. The lowest BCUT2D eigenvalue weighted by molar-refractivity contribution is 0.00570. The molecule has 228 valence electrons. The first-order chi connectivity index (χ1) is 22.2. The van der Waals surface area contributed by atoms with Gasteiger partial charge in [0.15, 0.2) is 5.60 Å². The van der Waals surface area contributed by atoms with E-state index in [1.165, 1.54) is 0 Å². The van der Waals surface area contributed by atoms with Gasteiger partial charge in [0.2, 0.25) is 0 Å². The zero-order chi connectivity index (χ0) is 30.9. The topological polar surface area (TPSA) is 63.2 Å². The molecule has 0 spiro atoms. The highest BCUT2D eigenvalue weighted by atomic mass is 16.6. The zero-order valence-electron chi connectivity index (χ0n) is 25.3. The number of methoxy groups -OCH3 is 1. The molecule has 1 heterocycles. The fourth-order valence-electron chi connectivity index (χ4n) is 5.79. The van der Waals surface area contributed by atoms with Crippen LogP contribution in [0.25, 0.3) is 28.0 Å². The van der Waals surface area contributed by atoms with E-state index in [1.807, 2.05) is 97.1 Å². The first kappa shape index (κ1) is 30.3. The van der Waals surface area contributed by atoms with Crippen LogP contribution in [0.1, 0.15) is 27.0 Å². The third-order valence-corrected chi connectivity index (χ3v) is 7.89. The van der Waals surface area contributed by atoms with E-state index in [2.05, 4.69) is 30.3 Å². The summed E-state index contributed by atoms with van der Waals surface area (Å²) in [4.78, 5) is 14.1. The minimum Gasteiger partial charge on any atom is -0.472 e. The van der Waals surface area contributed by atoms with Crippen molar-refractivity contribution in [1.29, 1.82) is 0 Å². The van der Waals surface area contributed by atoms with Gasteiger partial charge in [-0.3, -0.25) is 0 Å². The van der Waals surface area contributed by atoms with E-state index in [9.17, 15) is 4.79 Å². The average Bonchev–Trinajstić information content (AvgIpc) is 3.11. The third kappa shape index (κ3) is 6.40. The Morgan fingerprint density at radius 3 is 1.80 bits per heavy atom. The predicted molar refractivity (Wildman–Crippen MR) is 177 cm³/mol. The van der Waals surface area contributed by atoms with Gasteiger partial charge in [-0.25, -0.2) is 4.79 Å². The highest BCUT2D eigenvalue weighted by Crippen LogP contribution is 2.49. The molecule has 0 fully saturated rings. The average molecular weight is 601 g/mol. The minimum absolute atomic E-state index is 0.106. The summed E-state index contributed by atoms with van der Waals surface area (Å²) in [6, 6.07) is 38.4. The first-order valence-corrected chi connectivity index (χ1v) is 15.2. The Hall–Kier alpha value is -4.75. The van der Waals surface area contributed by atoms with E-state index in [4.69, 9.17) is 23.7 Å². The Labute approximate surface area is 263 Å². The van der Waals surface area contributed by atoms with Crippen LogP contribution >= 0.6 is 0 Å². The lowest BCUT2D eigenvalue weighted by Gasteiger charge is -2.37. The fourth-order valence-corrected chi connectivity index (χ4v) is 5.79. The standard InChI is InChI=1S/C39H36O6/c1-41-23-24-42-25-26-43-27-28-44-38(40)36-34-21-22-39(30-15-7-3-8-16-30,31-17-9-4-10-18-31)45-37(34)33-20-12-11-19-32(33)35(36)29-13-5-2-6-14-29/h2-22H,23-28H2,1H3. The van der Waals surface area contributed by atoms with Gasteiger partial charge in [-0.2, -0.15) is 0 Å². The van der Waals surface area contributed by atoms with E-state index in [1.54, 1.807) is 7.11 Å². The number of fused-ring (bicyclic) bond motifs is 3. The lowest BCUT2D eigenvalue weighted by atomic mass is 9.81. The number of carbonyl (C=O) groups excluding carboxylic acids is 1. The molecule has 6 rings (SSSR count). The number of hydrogen-bond acceptors (Lipinski definition) is 6. The summed E-state index contributed by atoms with van der Waals surface area (Å²) >= 11 is 0. The van der Waals surface area contributed by atoms with Crippen LogP contribution in [-0.2, 0) is 24.5 Å². The largest absolute Gasteiger partial charge is 0.472 e. The number of hydrogen-bond donors (Lipinski definition) is 0. The van der Waals surface area contributed by atoms with Crippen LogP contribution in [-0.4, -0.2) is 52.7 Å². The summed E-state index contributed by atoms with van der Waals surface area (Å²) in [6.07, 6.45) is 4.06. The second-order valence-corrected chi connectivity index (χ2v) is 10.7. The lowest BCUT2D eigenvalue weighted by Crippen LogP contribution is -2.34. The molecule has 5 aromatic carbocycles. The summed E-state index contributed by atoms with van der Waals surface area (Å²) in [5.74, 6) is 0.202. The van der Waals surface area contributed by atoms with Crippen molar-refractivity contribution in [3.63, 3.8) is 0 Å². The fraction of sp³-hybridized carbons (Fsp3) is 0.205. The van der Waals surface area contributed by atoms with Crippen LogP contribution < -0.4 is 4.74 Å². The van der Waals surface area contributed by atoms with E-state index in [0.717, 1.165) is 33.0 Å². The Morgan fingerprint density at radius 1 is 0.644 bits per heavy atom. The normalized spacial score (nSPS) is 13.3. The molecular weight excluding hydrogens is 564 g/mol. The Bertz CT molecular complexity index is 1710. The molecule has 0 atom stereocenters. The maximum absolute atomic E-state index is 14.1. The molecule has 45 heavy (non-hydrogen) atoms. The minimum atomic E-state index is -0.896. The maximum atomic E-state index is 14.1. The van der Waals surface area contributed by atoms with Crippen molar-refractivity contribution in [1.82, 2.24) is 0 Å². The first-order valence-electron chi connectivity index (χ1n) is 15.2. The van der Waals surface area contributed by atoms with Crippen molar-refractivity contribution >= 4 is 22.8 Å². The van der Waals surface area contributed by atoms with Crippen LogP contribution in [0.2, 0.25) is 0 Å². The zero-order valence-corrected chi connectivity index (χ0v) is 25.3. The van der Waals surface area contributed by atoms with Gasteiger partial charge in [-0.05, 0) is 23.1 Å². The van der Waals surface area contributed by atoms with Crippen molar-refractivity contribution in [2.24, 2.45) is 0 Å². The molecule has 0 bridgehead atoms. The van der Waals surface area contributed by atoms with Crippen molar-refractivity contribution in [2.45, 2.75) is 5.60 Å². The molecule has 0 saturated carbocycles. The van der Waals surface area contributed by atoms with Gasteiger partial charge in [-0.1, -0.05) is 115 Å². The molecule has 1 aliphatic rings. The number of benzene rings is 5. The SMILES string of the molecule is COCCOCCOCCOC(=O)c1c2c(c3ccccc3c1-c1ccccc1)OC(c1ccccc1)(c1ccccc1)C=C2.